The third-order valence-electron chi connectivity index (χ3n) is 4.60. The summed E-state index contributed by atoms with van der Waals surface area (Å²) >= 11 is 1.32. The van der Waals surface area contributed by atoms with Crippen molar-refractivity contribution in [2.45, 2.75) is 0 Å². The number of thiophene rings is 1. The van der Waals surface area contributed by atoms with Gasteiger partial charge in [-0.3, -0.25) is 20.4 Å². The van der Waals surface area contributed by atoms with E-state index in [9.17, 15) is 9.59 Å². The van der Waals surface area contributed by atoms with Gasteiger partial charge in [-0.2, -0.15) is 0 Å². The molecule has 0 unspecified atom stereocenters. The predicted octanol–water partition coefficient (Wildman–Crippen LogP) is 4.92. The summed E-state index contributed by atoms with van der Waals surface area (Å²) < 4.78 is 5.71. The zero-order valence-electron chi connectivity index (χ0n) is 16.6. The molecule has 154 valence electrons. The first-order valence-corrected chi connectivity index (χ1v) is 10.6. The van der Waals surface area contributed by atoms with Crippen LogP contribution < -0.4 is 15.6 Å². The van der Waals surface area contributed by atoms with E-state index in [1.54, 1.807) is 0 Å². The second-order valence-electron chi connectivity index (χ2n) is 6.68. The van der Waals surface area contributed by atoms with Gasteiger partial charge in [0, 0.05) is 11.1 Å². The van der Waals surface area contributed by atoms with Gasteiger partial charge in [-0.1, -0.05) is 78.9 Å². The van der Waals surface area contributed by atoms with Crippen LogP contribution in [-0.2, 0) is 4.79 Å². The fourth-order valence-corrected chi connectivity index (χ4v) is 3.95. The molecule has 4 aromatic rings. The highest BCUT2D eigenvalue weighted by atomic mass is 32.1. The molecule has 1 aromatic heterocycles. The third kappa shape index (κ3) is 4.99. The molecule has 0 spiro atoms. The van der Waals surface area contributed by atoms with Crippen molar-refractivity contribution >= 4 is 23.2 Å². The molecule has 0 aliphatic heterocycles. The Morgan fingerprint density at radius 2 is 1.32 bits per heavy atom. The fraction of sp³-hybridized carbons (Fsp3) is 0.0400. The summed E-state index contributed by atoms with van der Waals surface area (Å²) in [5.74, 6) is -0.222. The predicted molar refractivity (Wildman–Crippen MR) is 123 cm³/mol. The number of carbonyl (C=O) groups excluding carboxylic acids is 2. The summed E-state index contributed by atoms with van der Waals surface area (Å²) in [6.45, 7) is -0.222. The van der Waals surface area contributed by atoms with Crippen LogP contribution in [0.2, 0.25) is 0 Å². The second-order valence-corrected chi connectivity index (χ2v) is 7.60. The van der Waals surface area contributed by atoms with Crippen molar-refractivity contribution in [2.75, 3.05) is 6.61 Å². The standard InChI is InChI=1S/C25H20N2O3S/c28-23(17-30-22-14-8-7-13-20(22)18-9-3-1-4-10-18)26-27-25(29)24-21(15-16-31-24)19-11-5-2-6-12-19/h1-16H,17H2,(H,26,28)(H,27,29). The van der Waals surface area contributed by atoms with Crippen molar-refractivity contribution in [3.8, 4) is 28.0 Å². The zero-order valence-corrected chi connectivity index (χ0v) is 17.4. The Hall–Kier alpha value is -3.90. The highest BCUT2D eigenvalue weighted by Gasteiger charge is 2.15. The number of hydrogen-bond acceptors (Lipinski definition) is 4. The molecule has 0 saturated carbocycles. The Bertz CT molecular complexity index is 1170. The van der Waals surface area contributed by atoms with E-state index in [0.717, 1.165) is 22.3 Å². The normalized spacial score (nSPS) is 10.3. The van der Waals surface area contributed by atoms with Gasteiger partial charge in [-0.15, -0.1) is 11.3 Å². The number of hydrazine groups is 1. The SMILES string of the molecule is O=C(COc1ccccc1-c1ccccc1)NNC(=O)c1sccc1-c1ccccc1. The van der Waals surface area contributed by atoms with Gasteiger partial charge in [0.05, 0.1) is 0 Å². The minimum absolute atomic E-state index is 0.222. The molecule has 5 nitrogen and oxygen atoms in total. The summed E-state index contributed by atoms with van der Waals surface area (Å²) in [6.07, 6.45) is 0. The van der Waals surface area contributed by atoms with E-state index in [4.69, 9.17) is 4.74 Å². The first-order valence-electron chi connectivity index (χ1n) is 9.72. The van der Waals surface area contributed by atoms with Crippen molar-refractivity contribution in [2.24, 2.45) is 0 Å². The molecule has 0 fully saturated rings. The number of carbonyl (C=O) groups is 2. The molecule has 0 aliphatic carbocycles. The molecule has 2 N–H and O–H groups in total. The van der Waals surface area contributed by atoms with Crippen molar-refractivity contribution in [3.05, 3.63) is 101 Å². The highest BCUT2D eigenvalue weighted by Crippen LogP contribution is 2.29. The topological polar surface area (TPSA) is 67.4 Å². The van der Waals surface area contributed by atoms with Gasteiger partial charge in [0.1, 0.15) is 10.6 Å². The van der Waals surface area contributed by atoms with E-state index in [1.165, 1.54) is 11.3 Å². The Morgan fingerprint density at radius 1 is 0.710 bits per heavy atom. The Labute approximate surface area is 184 Å². The number of ether oxygens (including phenoxy) is 1. The van der Waals surface area contributed by atoms with Crippen LogP contribution in [0.15, 0.2) is 96.4 Å². The highest BCUT2D eigenvalue weighted by molar-refractivity contribution is 7.12. The summed E-state index contributed by atoms with van der Waals surface area (Å²) in [5.41, 5.74) is 8.55. The summed E-state index contributed by atoms with van der Waals surface area (Å²) in [6, 6.07) is 28.8. The molecule has 0 aliphatic rings. The van der Waals surface area contributed by atoms with Gasteiger partial charge < -0.3 is 4.74 Å². The molecule has 0 atom stereocenters. The van der Waals surface area contributed by atoms with Crippen molar-refractivity contribution in [3.63, 3.8) is 0 Å². The molecule has 0 saturated heterocycles. The van der Waals surface area contributed by atoms with Crippen LogP contribution in [0, 0.1) is 0 Å². The number of para-hydroxylation sites is 1. The maximum atomic E-state index is 12.6. The molecule has 1 heterocycles. The quantitative estimate of drug-likeness (QED) is 0.428. The molecule has 0 radical (unpaired) electrons. The first-order chi connectivity index (χ1) is 15.2. The van der Waals surface area contributed by atoms with Gasteiger partial charge >= 0.3 is 0 Å². The lowest BCUT2D eigenvalue weighted by Crippen LogP contribution is -2.43. The summed E-state index contributed by atoms with van der Waals surface area (Å²) in [4.78, 5) is 25.3. The molecular weight excluding hydrogens is 408 g/mol. The Kier molecular flexibility index (Phi) is 6.40. The average molecular weight is 429 g/mol. The number of hydrogen-bond donors (Lipinski definition) is 2. The number of nitrogens with one attached hydrogen (secondary N) is 2. The number of benzene rings is 3. The van der Waals surface area contributed by atoms with E-state index >= 15 is 0 Å². The second kappa shape index (κ2) is 9.73. The lowest BCUT2D eigenvalue weighted by atomic mass is 10.1. The third-order valence-corrected chi connectivity index (χ3v) is 5.52. The molecular formula is C25H20N2O3S. The Balaban J connectivity index is 1.35. The van der Waals surface area contributed by atoms with Crippen LogP contribution in [0.5, 0.6) is 5.75 Å². The van der Waals surface area contributed by atoms with Gasteiger partial charge in [0.25, 0.3) is 11.8 Å². The van der Waals surface area contributed by atoms with Crippen LogP contribution >= 0.6 is 11.3 Å². The van der Waals surface area contributed by atoms with E-state index in [2.05, 4.69) is 10.9 Å². The largest absolute Gasteiger partial charge is 0.483 e. The summed E-state index contributed by atoms with van der Waals surface area (Å²) in [5, 5.41) is 1.85. The van der Waals surface area contributed by atoms with Crippen LogP contribution in [0.25, 0.3) is 22.3 Å². The van der Waals surface area contributed by atoms with E-state index in [0.29, 0.717) is 10.6 Å². The Morgan fingerprint density at radius 3 is 2.03 bits per heavy atom. The zero-order chi connectivity index (χ0) is 21.5. The van der Waals surface area contributed by atoms with Crippen LogP contribution in [0.4, 0.5) is 0 Å². The lowest BCUT2D eigenvalue weighted by Gasteiger charge is -2.12. The summed E-state index contributed by atoms with van der Waals surface area (Å²) in [7, 11) is 0. The van der Waals surface area contributed by atoms with Crippen molar-refractivity contribution in [1.82, 2.24) is 10.9 Å². The molecule has 3 aromatic carbocycles. The molecule has 2 amide bonds. The van der Waals surface area contributed by atoms with Crippen LogP contribution in [0.3, 0.4) is 0 Å². The minimum atomic E-state index is -0.450. The van der Waals surface area contributed by atoms with Crippen LogP contribution in [0.1, 0.15) is 9.67 Å². The molecule has 31 heavy (non-hydrogen) atoms. The van der Waals surface area contributed by atoms with Gasteiger partial charge in [0.15, 0.2) is 6.61 Å². The monoisotopic (exact) mass is 428 g/mol. The smallest absolute Gasteiger partial charge is 0.280 e. The van der Waals surface area contributed by atoms with Crippen molar-refractivity contribution < 1.29 is 14.3 Å². The van der Waals surface area contributed by atoms with Gasteiger partial charge in [-0.25, -0.2) is 0 Å². The maximum absolute atomic E-state index is 12.6. The van der Waals surface area contributed by atoms with E-state index in [1.807, 2.05) is 96.4 Å². The molecule has 6 heteroatoms. The van der Waals surface area contributed by atoms with E-state index in [-0.39, 0.29) is 12.5 Å². The molecule has 4 rings (SSSR count). The number of amides is 2. The van der Waals surface area contributed by atoms with Gasteiger partial charge in [-0.05, 0) is 28.6 Å². The molecule has 0 bridgehead atoms. The van der Waals surface area contributed by atoms with Crippen molar-refractivity contribution in [1.29, 1.82) is 0 Å². The van der Waals surface area contributed by atoms with E-state index < -0.39 is 5.91 Å². The van der Waals surface area contributed by atoms with Gasteiger partial charge in [0.2, 0.25) is 0 Å². The maximum Gasteiger partial charge on any atom is 0.280 e. The first kappa shape index (κ1) is 20.4. The fourth-order valence-electron chi connectivity index (χ4n) is 3.14. The van der Waals surface area contributed by atoms with Crippen LogP contribution in [-0.4, -0.2) is 18.4 Å². The average Bonchev–Trinajstić information content (AvgIpc) is 3.33. The number of rotatable bonds is 6. The lowest BCUT2D eigenvalue weighted by molar-refractivity contribution is -0.123. The minimum Gasteiger partial charge on any atom is -0.483 e.